The predicted molar refractivity (Wildman–Crippen MR) is 124 cm³/mol. The number of carbonyl (C=O) groups is 2. The first-order valence-electron chi connectivity index (χ1n) is 10.7. The second-order valence-electron chi connectivity index (χ2n) is 8.32. The number of halogens is 1. The SMILES string of the molecule is CCNC(=NCC(CC)(CC)CO)NCCN1C(=O)C2C3C=CC(C3)C2C1=O.I. The third-order valence-electron chi connectivity index (χ3n) is 6.94. The minimum atomic E-state index is -0.201. The number of carbonyl (C=O) groups excluding carboxylic acids is 2. The van der Waals surface area contributed by atoms with E-state index in [0.29, 0.717) is 25.6 Å². The molecule has 1 aliphatic heterocycles. The van der Waals surface area contributed by atoms with Gasteiger partial charge in [-0.15, -0.1) is 24.0 Å². The van der Waals surface area contributed by atoms with E-state index in [1.165, 1.54) is 4.90 Å². The van der Waals surface area contributed by atoms with Gasteiger partial charge in [0.05, 0.1) is 25.0 Å². The van der Waals surface area contributed by atoms with Crippen LogP contribution in [0, 0.1) is 29.1 Å². The van der Waals surface area contributed by atoms with Crippen LogP contribution in [0.1, 0.15) is 40.0 Å². The number of amides is 2. The number of fused-ring (bicyclic) bond motifs is 5. The van der Waals surface area contributed by atoms with Gasteiger partial charge in [0.2, 0.25) is 11.8 Å². The molecular formula is C21H35IN4O3. The Morgan fingerprint density at radius 3 is 2.21 bits per heavy atom. The molecule has 2 bridgehead atoms. The first kappa shape index (κ1) is 24.1. The summed E-state index contributed by atoms with van der Waals surface area (Å²) in [6.07, 6.45) is 6.91. The number of imide groups is 1. The third-order valence-corrected chi connectivity index (χ3v) is 6.94. The van der Waals surface area contributed by atoms with Gasteiger partial charge < -0.3 is 15.7 Å². The molecule has 1 saturated carbocycles. The van der Waals surface area contributed by atoms with E-state index in [9.17, 15) is 14.7 Å². The van der Waals surface area contributed by atoms with Crippen LogP contribution in [-0.2, 0) is 9.59 Å². The number of guanidine groups is 1. The lowest BCUT2D eigenvalue weighted by molar-refractivity contribution is -0.140. The zero-order valence-corrected chi connectivity index (χ0v) is 20.0. The van der Waals surface area contributed by atoms with Gasteiger partial charge in [-0.05, 0) is 38.0 Å². The number of hydrogen-bond donors (Lipinski definition) is 3. The fraction of sp³-hybridized carbons (Fsp3) is 0.762. The van der Waals surface area contributed by atoms with Crippen molar-refractivity contribution in [1.29, 1.82) is 0 Å². The molecule has 3 rings (SSSR count). The molecule has 3 aliphatic rings. The van der Waals surface area contributed by atoms with Crippen molar-refractivity contribution in [2.24, 2.45) is 34.1 Å². The highest BCUT2D eigenvalue weighted by molar-refractivity contribution is 14.0. The highest BCUT2D eigenvalue weighted by atomic mass is 127. The molecule has 0 spiro atoms. The van der Waals surface area contributed by atoms with Crippen LogP contribution in [0.25, 0.3) is 0 Å². The summed E-state index contributed by atoms with van der Waals surface area (Å²) in [7, 11) is 0. The Kier molecular flexibility index (Phi) is 8.51. The van der Waals surface area contributed by atoms with E-state index in [4.69, 9.17) is 0 Å². The Morgan fingerprint density at radius 2 is 1.72 bits per heavy atom. The molecule has 8 heteroatoms. The van der Waals surface area contributed by atoms with Gasteiger partial charge in [0.15, 0.2) is 5.96 Å². The number of aliphatic hydroxyl groups excluding tert-OH is 1. The summed E-state index contributed by atoms with van der Waals surface area (Å²) in [5.74, 6) is 0.866. The molecule has 0 aromatic carbocycles. The average Bonchev–Trinajstić information content (AvgIpc) is 3.39. The normalized spacial score (nSPS) is 28.0. The van der Waals surface area contributed by atoms with Gasteiger partial charge in [0.25, 0.3) is 0 Å². The molecule has 7 nitrogen and oxygen atoms in total. The van der Waals surface area contributed by atoms with E-state index in [1.807, 2.05) is 6.92 Å². The van der Waals surface area contributed by atoms with Crippen LogP contribution in [0.3, 0.4) is 0 Å². The fourth-order valence-electron chi connectivity index (χ4n) is 4.81. The number of allylic oxidation sites excluding steroid dienone is 2. The molecule has 1 saturated heterocycles. The van der Waals surface area contributed by atoms with Crippen molar-refractivity contribution in [2.75, 3.05) is 32.8 Å². The van der Waals surface area contributed by atoms with Crippen molar-refractivity contribution >= 4 is 41.8 Å². The maximum Gasteiger partial charge on any atom is 0.233 e. The predicted octanol–water partition coefficient (Wildman–Crippen LogP) is 1.77. The maximum atomic E-state index is 12.7. The van der Waals surface area contributed by atoms with Crippen LogP contribution in [-0.4, -0.2) is 60.6 Å². The summed E-state index contributed by atoms with van der Waals surface area (Å²) in [6.45, 7) is 8.32. The molecular weight excluding hydrogens is 483 g/mol. The molecule has 0 aromatic heterocycles. The van der Waals surface area contributed by atoms with Crippen molar-refractivity contribution < 1.29 is 14.7 Å². The van der Waals surface area contributed by atoms with E-state index in [2.05, 4.69) is 41.6 Å². The van der Waals surface area contributed by atoms with Gasteiger partial charge in [-0.2, -0.15) is 0 Å². The molecule has 29 heavy (non-hydrogen) atoms. The van der Waals surface area contributed by atoms with E-state index < -0.39 is 0 Å². The summed E-state index contributed by atoms with van der Waals surface area (Å²) in [5, 5.41) is 16.2. The zero-order valence-electron chi connectivity index (χ0n) is 17.7. The van der Waals surface area contributed by atoms with E-state index >= 15 is 0 Å². The number of rotatable bonds is 9. The van der Waals surface area contributed by atoms with Crippen molar-refractivity contribution in [2.45, 2.75) is 40.0 Å². The Bertz CT molecular complexity index is 624. The molecule has 4 unspecified atom stereocenters. The number of aliphatic hydroxyl groups is 1. The largest absolute Gasteiger partial charge is 0.396 e. The molecule has 0 radical (unpaired) electrons. The van der Waals surface area contributed by atoms with Crippen LogP contribution in [0.5, 0.6) is 0 Å². The number of nitrogens with one attached hydrogen (secondary N) is 2. The smallest absolute Gasteiger partial charge is 0.233 e. The number of likely N-dealkylation sites (tertiary alicyclic amines) is 1. The van der Waals surface area contributed by atoms with Gasteiger partial charge in [-0.3, -0.25) is 19.5 Å². The lowest BCUT2D eigenvalue weighted by Gasteiger charge is -2.27. The number of aliphatic imine (C=N–C) groups is 1. The average molecular weight is 518 g/mol. The summed E-state index contributed by atoms with van der Waals surface area (Å²) in [4.78, 5) is 31.5. The van der Waals surface area contributed by atoms with Crippen LogP contribution >= 0.6 is 24.0 Å². The molecule has 164 valence electrons. The molecule has 0 aromatic rings. The van der Waals surface area contributed by atoms with Crippen molar-refractivity contribution in [1.82, 2.24) is 15.5 Å². The standard InChI is InChI=1S/C21H34N4O3.HI/c1-4-21(5-2,13-26)12-24-20(22-6-3)23-9-10-25-18(27)16-14-7-8-15(11-14)17(16)19(25)28;/h7-8,14-17,26H,4-6,9-13H2,1-3H3,(H2,22,23,24);1H. The van der Waals surface area contributed by atoms with Crippen LogP contribution in [0.2, 0.25) is 0 Å². The fourth-order valence-corrected chi connectivity index (χ4v) is 4.81. The molecule has 1 heterocycles. The highest BCUT2D eigenvalue weighted by Gasteiger charge is 2.58. The van der Waals surface area contributed by atoms with Gasteiger partial charge >= 0.3 is 0 Å². The summed E-state index contributed by atoms with van der Waals surface area (Å²) >= 11 is 0. The quantitative estimate of drug-likeness (QED) is 0.142. The Labute approximate surface area is 190 Å². The lowest BCUT2D eigenvalue weighted by atomic mass is 9.83. The number of hydrogen-bond acceptors (Lipinski definition) is 4. The second kappa shape index (κ2) is 10.2. The van der Waals surface area contributed by atoms with E-state index in [-0.39, 0.29) is 71.5 Å². The van der Waals surface area contributed by atoms with Crippen LogP contribution in [0.4, 0.5) is 0 Å². The van der Waals surface area contributed by atoms with Gasteiger partial charge in [-0.25, -0.2) is 0 Å². The van der Waals surface area contributed by atoms with Gasteiger partial charge in [-0.1, -0.05) is 26.0 Å². The molecule has 2 fully saturated rings. The molecule has 2 amide bonds. The van der Waals surface area contributed by atoms with E-state index in [1.54, 1.807) is 0 Å². The van der Waals surface area contributed by atoms with Gasteiger partial charge in [0, 0.05) is 25.0 Å². The third kappa shape index (κ3) is 4.62. The van der Waals surface area contributed by atoms with Crippen LogP contribution < -0.4 is 10.6 Å². The minimum absolute atomic E-state index is 0. The summed E-state index contributed by atoms with van der Waals surface area (Å²) in [6, 6.07) is 0. The van der Waals surface area contributed by atoms with Crippen molar-refractivity contribution in [3.05, 3.63) is 12.2 Å². The molecule has 2 aliphatic carbocycles. The monoisotopic (exact) mass is 518 g/mol. The van der Waals surface area contributed by atoms with Crippen molar-refractivity contribution in [3.8, 4) is 0 Å². The van der Waals surface area contributed by atoms with Crippen molar-refractivity contribution in [3.63, 3.8) is 0 Å². The number of nitrogens with zero attached hydrogens (tertiary/aromatic N) is 2. The van der Waals surface area contributed by atoms with Gasteiger partial charge in [0.1, 0.15) is 0 Å². The first-order chi connectivity index (χ1) is 13.5. The zero-order chi connectivity index (χ0) is 20.3. The maximum absolute atomic E-state index is 12.7. The summed E-state index contributed by atoms with van der Waals surface area (Å²) < 4.78 is 0. The summed E-state index contributed by atoms with van der Waals surface area (Å²) in [5.41, 5.74) is -0.201. The lowest BCUT2D eigenvalue weighted by Crippen LogP contribution is -2.44. The Hall–Kier alpha value is -1.16. The first-order valence-corrected chi connectivity index (χ1v) is 10.7. The molecule has 3 N–H and O–H groups in total. The Morgan fingerprint density at radius 1 is 1.14 bits per heavy atom. The minimum Gasteiger partial charge on any atom is -0.396 e. The Balaban J connectivity index is 0.00000300. The highest BCUT2D eigenvalue weighted by Crippen LogP contribution is 2.52. The second-order valence-corrected chi connectivity index (χ2v) is 8.32. The van der Waals surface area contributed by atoms with E-state index in [0.717, 1.165) is 25.8 Å². The topological polar surface area (TPSA) is 94.0 Å². The van der Waals surface area contributed by atoms with Crippen LogP contribution in [0.15, 0.2) is 17.1 Å². The molecule has 4 atom stereocenters.